The zero-order chi connectivity index (χ0) is 34.9. The Balaban J connectivity index is 0.00000109. The summed E-state index contributed by atoms with van der Waals surface area (Å²) in [5.41, 5.74) is 13.6. The van der Waals surface area contributed by atoms with E-state index in [1.807, 2.05) is 34.7 Å². The van der Waals surface area contributed by atoms with Gasteiger partial charge in [0.1, 0.15) is 11.5 Å². The number of hydrogen-bond donors (Lipinski definition) is 1. The zero-order valence-corrected chi connectivity index (χ0v) is 32.1. The molecule has 0 saturated heterocycles. The number of hydrogen-bond acceptors (Lipinski definition) is 4. The summed E-state index contributed by atoms with van der Waals surface area (Å²) in [7, 11) is 1.95. The minimum Gasteiger partial charge on any atom is -0.457 e. The molecule has 4 aliphatic rings. The lowest BCUT2D eigenvalue weighted by molar-refractivity contribution is 0.421. The van der Waals surface area contributed by atoms with Crippen molar-refractivity contribution in [2.45, 2.75) is 98.8 Å². The van der Waals surface area contributed by atoms with Gasteiger partial charge in [-0.3, -0.25) is 0 Å². The molecule has 7 rings (SSSR count). The van der Waals surface area contributed by atoms with Gasteiger partial charge < -0.3 is 19.9 Å². The maximum atomic E-state index is 7.42. The van der Waals surface area contributed by atoms with Crippen LogP contribution in [0.2, 0.25) is 10.0 Å². The highest BCUT2D eigenvalue weighted by molar-refractivity contribution is 6.37. The van der Waals surface area contributed by atoms with Gasteiger partial charge in [0.05, 0.1) is 10.4 Å². The quantitative estimate of drug-likeness (QED) is 0.279. The number of aryl methyl sites for hydroxylation is 2. The van der Waals surface area contributed by atoms with Crippen LogP contribution in [-0.4, -0.2) is 33.2 Å². The van der Waals surface area contributed by atoms with Gasteiger partial charge in [0.25, 0.3) is 0 Å². The molecule has 3 aliphatic heterocycles. The molecule has 0 aromatic heterocycles. The van der Waals surface area contributed by atoms with Crippen molar-refractivity contribution < 1.29 is 4.74 Å². The minimum absolute atomic E-state index is 0.514. The first-order valence-electron chi connectivity index (χ1n) is 18.2. The lowest BCUT2D eigenvalue weighted by Crippen LogP contribution is -2.35. The number of nitrogens with zero attached hydrogens (tertiary/aromatic N) is 2. The zero-order valence-electron chi connectivity index (χ0n) is 30.6. The maximum Gasteiger partial charge on any atom is 0.133 e. The Hall–Kier alpha value is -3.08. The van der Waals surface area contributed by atoms with Gasteiger partial charge in [-0.1, -0.05) is 64.1 Å². The summed E-state index contributed by atoms with van der Waals surface area (Å²) in [4.78, 5) is 5.02. The van der Waals surface area contributed by atoms with Crippen molar-refractivity contribution in [3.05, 3.63) is 97.7 Å². The largest absolute Gasteiger partial charge is 0.457 e. The topological polar surface area (TPSA) is 27.7 Å². The van der Waals surface area contributed by atoms with Crippen molar-refractivity contribution in [2.75, 3.05) is 43.0 Å². The van der Waals surface area contributed by atoms with Crippen molar-refractivity contribution in [1.82, 2.24) is 5.32 Å². The number of anilines is 2. The van der Waals surface area contributed by atoms with Crippen LogP contribution in [0.5, 0.6) is 11.5 Å². The van der Waals surface area contributed by atoms with E-state index in [4.69, 9.17) is 27.9 Å². The molecular formula is C42H55Cl2N3O. The van der Waals surface area contributed by atoms with E-state index in [1.54, 1.807) is 0 Å². The average Bonchev–Trinajstić information content (AvgIpc) is 3.43. The minimum atomic E-state index is -0.514. The van der Waals surface area contributed by atoms with E-state index < -0.39 is 5.41 Å². The first-order valence-corrected chi connectivity index (χ1v) is 19.0. The molecule has 0 amide bonds. The van der Waals surface area contributed by atoms with Crippen molar-refractivity contribution in [1.29, 1.82) is 0 Å². The predicted molar refractivity (Wildman–Crippen MR) is 209 cm³/mol. The molecule has 0 saturated carbocycles. The molecule has 3 heterocycles. The molecule has 1 atom stereocenters. The molecule has 6 heteroatoms. The number of allylic oxidation sites excluding steroid dienone is 2. The fourth-order valence-electron chi connectivity index (χ4n) is 8.26. The van der Waals surface area contributed by atoms with Crippen molar-refractivity contribution in [3.8, 4) is 11.5 Å². The van der Waals surface area contributed by atoms with Gasteiger partial charge in [-0.05, 0) is 111 Å². The second-order valence-corrected chi connectivity index (χ2v) is 13.9. The molecule has 0 fully saturated rings. The summed E-state index contributed by atoms with van der Waals surface area (Å²) >= 11 is 14.6. The van der Waals surface area contributed by atoms with E-state index in [1.165, 1.54) is 33.6 Å². The fourth-order valence-corrected chi connectivity index (χ4v) is 9.03. The van der Waals surface area contributed by atoms with E-state index in [0.717, 1.165) is 126 Å². The predicted octanol–water partition coefficient (Wildman–Crippen LogP) is 11.6. The second kappa shape index (κ2) is 14.8. The Labute approximate surface area is 300 Å². The van der Waals surface area contributed by atoms with Gasteiger partial charge >= 0.3 is 0 Å². The van der Waals surface area contributed by atoms with Crippen LogP contribution in [0.1, 0.15) is 111 Å². The SMILES string of the molecule is C=C(CCCN1CCCc2cc3c(cc21)Oc1cc2c(cc1C31CC(=C)c3c(Cl)c(C)c(C)c(Cl)c31)CCCN2CC)NC.CC.CC. The number of ether oxygens (including phenoxy) is 1. The number of halogens is 2. The lowest BCUT2D eigenvalue weighted by atomic mass is 9.66. The number of fused-ring (bicyclic) bond motifs is 8. The van der Waals surface area contributed by atoms with E-state index in [-0.39, 0.29) is 0 Å². The van der Waals surface area contributed by atoms with E-state index in [9.17, 15) is 0 Å². The third kappa shape index (κ3) is 5.81. The Bertz CT molecular complexity index is 1730. The van der Waals surface area contributed by atoms with Crippen molar-refractivity contribution >= 4 is 40.1 Å². The Morgan fingerprint density at radius 3 is 1.98 bits per heavy atom. The van der Waals surface area contributed by atoms with Crippen LogP contribution in [-0.2, 0) is 18.3 Å². The second-order valence-electron chi connectivity index (χ2n) is 13.1. The summed E-state index contributed by atoms with van der Waals surface area (Å²) in [6.45, 7) is 27.3. The molecule has 258 valence electrons. The summed E-state index contributed by atoms with van der Waals surface area (Å²) in [6.07, 6.45) is 7.17. The summed E-state index contributed by atoms with van der Waals surface area (Å²) in [6, 6.07) is 9.48. The molecule has 0 radical (unpaired) electrons. The van der Waals surface area contributed by atoms with Gasteiger partial charge in [0.15, 0.2) is 0 Å². The number of rotatable bonds is 6. The fraction of sp³-hybridized carbons (Fsp3) is 0.476. The standard InChI is InChI=1S/C38H43Cl2N3O.2C2H6/c1-7-42-14-9-12-26-17-28-32(19-30(26)42)44-33-20-31-27(13-10-16-43(31)15-8-11-23(3)41-6)18-29(33)38(28)21-22(2)34-35(38)37(40)25(5)24(4)36(34)39;2*1-2/h17-20,41H,2-3,7-16,21H2,1,4-6H3;2*1-2H3. The molecule has 4 nitrogen and oxygen atoms in total. The molecule has 1 aliphatic carbocycles. The Morgan fingerprint density at radius 1 is 0.875 bits per heavy atom. The summed E-state index contributed by atoms with van der Waals surface area (Å²) in [5.74, 6) is 1.85. The van der Waals surface area contributed by atoms with Crippen LogP contribution in [0.4, 0.5) is 11.4 Å². The normalized spacial score (nSPS) is 18.2. The van der Waals surface area contributed by atoms with E-state index in [2.05, 4.69) is 73.3 Å². The number of benzene rings is 3. The van der Waals surface area contributed by atoms with Crippen LogP contribution in [0, 0.1) is 13.8 Å². The third-order valence-corrected chi connectivity index (χ3v) is 11.7. The summed E-state index contributed by atoms with van der Waals surface area (Å²) in [5, 5.41) is 4.77. The first-order chi connectivity index (χ1) is 23.2. The highest BCUT2D eigenvalue weighted by Gasteiger charge is 2.52. The molecule has 3 aromatic rings. The van der Waals surface area contributed by atoms with Crippen LogP contribution in [0.3, 0.4) is 0 Å². The smallest absolute Gasteiger partial charge is 0.133 e. The summed E-state index contributed by atoms with van der Waals surface area (Å²) < 4.78 is 6.99. The molecule has 0 bridgehead atoms. The Kier molecular flexibility index (Phi) is 11.2. The van der Waals surface area contributed by atoms with Crippen LogP contribution in [0.25, 0.3) is 5.57 Å². The highest BCUT2D eigenvalue weighted by Crippen LogP contribution is 2.64. The monoisotopic (exact) mass is 687 g/mol. The van der Waals surface area contributed by atoms with Crippen LogP contribution in [0.15, 0.2) is 43.1 Å². The molecule has 3 aromatic carbocycles. The van der Waals surface area contributed by atoms with Gasteiger partial charge in [-0.2, -0.15) is 0 Å². The molecule has 1 N–H and O–H groups in total. The van der Waals surface area contributed by atoms with E-state index in [0.29, 0.717) is 0 Å². The van der Waals surface area contributed by atoms with Crippen molar-refractivity contribution in [3.63, 3.8) is 0 Å². The van der Waals surface area contributed by atoms with Gasteiger partial charge in [-0.25, -0.2) is 0 Å². The van der Waals surface area contributed by atoms with Crippen LogP contribution < -0.4 is 19.9 Å². The van der Waals surface area contributed by atoms with E-state index >= 15 is 0 Å². The van der Waals surface area contributed by atoms with Crippen molar-refractivity contribution in [2.24, 2.45) is 0 Å². The van der Waals surface area contributed by atoms with Gasteiger partial charge in [-0.15, -0.1) is 0 Å². The number of nitrogens with one attached hydrogen (secondary N) is 1. The molecule has 1 unspecified atom stereocenters. The molecule has 1 spiro atoms. The third-order valence-electron chi connectivity index (χ3n) is 10.7. The molecular weight excluding hydrogens is 633 g/mol. The van der Waals surface area contributed by atoms with Gasteiger partial charge in [0.2, 0.25) is 0 Å². The first kappa shape index (κ1) is 36.2. The maximum absolute atomic E-state index is 7.42. The Morgan fingerprint density at radius 2 is 1.42 bits per heavy atom. The average molecular weight is 689 g/mol. The molecule has 48 heavy (non-hydrogen) atoms. The van der Waals surface area contributed by atoms with Crippen LogP contribution >= 0.6 is 23.2 Å². The highest BCUT2D eigenvalue weighted by atomic mass is 35.5. The lowest BCUT2D eigenvalue weighted by Gasteiger charge is -2.42. The van der Waals surface area contributed by atoms with Gasteiger partial charge in [0, 0.05) is 84.1 Å².